The highest BCUT2D eigenvalue weighted by atomic mass is 16.2. The molecule has 0 radical (unpaired) electrons. The zero-order chi connectivity index (χ0) is 21.2. The number of aryl methyl sites for hydroxylation is 1. The van der Waals surface area contributed by atoms with E-state index >= 15 is 0 Å². The van der Waals surface area contributed by atoms with Gasteiger partial charge in [0.1, 0.15) is 0 Å². The molecular formula is C24H30N6O. The number of nitrogens with zero attached hydrogens (tertiary/aromatic N) is 4. The van der Waals surface area contributed by atoms with Crippen LogP contribution in [0.4, 0.5) is 5.82 Å². The van der Waals surface area contributed by atoms with Gasteiger partial charge >= 0.3 is 0 Å². The fourth-order valence-electron chi connectivity index (χ4n) is 4.97. The summed E-state index contributed by atoms with van der Waals surface area (Å²) in [4.78, 5) is 24.1. The SMILES string of the molecule is Cc1cccc(CNc2n[nH]c3nc([C@H]4CCN(C(=O)CC5CCCC5)C4)ccc23)n1. The van der Waals surface area contributed by atoms with Crippen LogP contribution in [-0.2, 0) is 11.3 Å². The van der Waals surface area contributed by atoms with Crippen molar-refractivity contribution in [3.05, 3.63) is 47.4 Å². The molecule has 1 saturated carbocycles. The first-order valence-corrected chi connectivity index (χ1v) is 11.4. The van der Waals surface area contributed by atoms with Gasteiger partial charge in [0.15, 0.2) is 11.5 Å². The summed E-state index contributed by atoms with van der Waals surface area (Å²) < 4.78 is 0. The molecular weight excluding hydrogens is 388 g/mol. The van der Waals surface area contributed by atoms with E-state index in [0.29, 0.717) is 24.3 Å². The molecule has 0 spiro atoms. The van der Waals surface area contributed by atoms with Gasteiger partial charge in [-0.05, 0) is 56.4 Å². The lowest BCUT2D eigenvalue weighted by molar-refractivity contribution is -0.131. The molecule has 1 aliphatic heterocycles. The summed E-state index contributed by atoms with van der Waals surface area (Å²) in [6.45, 7) is 4.23. The number of pyridine rings is 2. The largest absolute Gasteiger partial charge is 0.362 e. The van der Waals surface area contributed by atoms with Crippen molar-refractivity contribution in [2.75, 3.05) is 18.4 Å². The molecule has 3 aromatic heterocycles. The van der Waals surface area contributed by atoms with Crippen molar-refractivity contribution in [2.24, 2.45) is 5.92 Å². The molecule has 7 nitrogen and oxygen atoms in total. The third-order valence-corrected chi connectivity index (χ3v) is 6.73. The third-order valence-electron chi connectivity index (χ3n) is 6.73. The quantitative estimate of drug-likeness (QED) is 0.627. The Morgan fingerprint density at radius 2 is 2.03 bits per heavy atom. The van der Waals surface area contributed by atoms with E-state index in [1.54, 1.807) is 0 Å². The molecule has 4 heterocycles. The molecule has 162 valence electrons. The Hall–Kier alpha value is -2.96. The number of H-pyrrole nitrogens is 1. The van der Waals surface area contributed by atoms with Crippen LogP contribution in [0.1, 0.15) is 61.5 Å². The monoisotopic (exact) mass is 418 g/mol. The van der Waals surface area contributed by atoms with Crippen LogP contribution in [0.3, 0.4) is 0 Å². The number of anilines is 1. The zero-order valence-electron chi connectivity index (χ0n) is 18.1. The van der Waals surface area contributed by atoms with Gasteiger partial charge in [0.2, 0.25) is 5.91 Å². The van der Waals surface area contributed by atoms with E-state index < -0.39 is 0 Å². The predicted molar refractivity (Wildman–Crippen MR) is 121 cm³/mol. The van der Waals surface area contributed by atoms with Crippen molar-refractivity contribution in [3.8, 4) is 0 Å². The summed E-state index contributed by atoms with van der Waals surface area (Å²) in [7, 11) is 0. The number of carbonyl (C=O) groups excluding carboxylic acids is 1. The minimum atomic E-state index is 0.299. The number of aromatic amines is 1. The van der Waals surface area contributed by atoms with Crippen LogP contribution in [0.15, 0.2) is 30.3 Å². The van der Waals surface area contributed by atoms with E-state index in [1.165, 1.54) is 25.7 Å². The number of amides is 1. The van der Waals surface area contributed by atoms with Crippen LogP contribution >= 0.6 is 0 Å². The van der Waals surface area contributed by atoms with Crippen molar-refractivity contribution in [3.63, 3.8) is 0 Å². The van der Waals surface area contributed by atoms with Gasteiger partial charge in [-0.1, -0.05) is 18.9 Å². The molecule has 0 aromatic carbocycles. The number of likely N-dealkylation sites (tertiary alicyclic amines) is 1. The Balaban J connectivity index is 1.23. The lowest BCUT2D eigenvalue weighted by Crippen LogP contribution is -2.29. The van der Waals surface area contributed by atoms with E-state index in [2.05, 4.69) is 32.6 Å². The molecule has 2 aliphatic rings. The Morgan fingerprint density at radius 3 is 2.87 bits per heavy atom. The molecule has 5 rings (SSSR count). The number of rotatable bonds is 6. The summed E-state index contributed by atoms with van der Waals surface area (Å²) >= 11 is 0. The summed E-state index contributed by atoms with van der Waals surface area (Å²) in [6.07, 6.45) is 6.71. The van der Waals surface area contributed by atoms with Crippen LogP contribution < -0.4 is 5.32 Å². The molecule has 7 heteroatoms. The maximum Gasteiger partial charge on any atom is 0.222 e. The van der Waals surface area contributed by atoms with Gasteiger partial charge in [0, 0.05) is 36.8 Å². The molecule has 0 unspecified atom stereocenters. The summed E-state index contributed by atoms with van der Waals surface area (Å²) in [5.41, 5.74) is 3.81. The average molecular weight is 419 g/mol. The molecule has 2 N–H and O–H groups in total. The highest BCUT2D eigenvalue weighted by Gasteiger charge is 2.30. The molecule has 1 aliphatic carbocycles. The molecule has 3 aromatic rings. The van der Waals surface area contributed by atoms with Crippen molar-refractivity contribution >= 4 is 22.8 Å². The smallest absolute Gasteiger partial charge is 0.222 e. The average Bonchev–Trinajstić information content (AvgIpc) is 3.53. The van der Waals surface area contributed by atoms with Gasteiger partial charge in [0.25, 0.3) is 0 Å². The fourth-order valence-corrected chi connectivity index (χ4v) is 4.97. The molecule has 1 atom stereocenters. The summed E-state index contributed by atoms with van der Waals surface area (Å²) in [5, 5.41) is 11.8. The van der Waals surface area contributed by atoms with Gasteiger partial charge in [0.05, 0.1) is 17.6 Å². The Bertz CT molecular complexity index is 1070. The molecule has 0 bridgehead atoms. The zero-order valence-corrected chi connectivity index (χ0v) is 18.1. The van der Waals surface area contributed by atoms with Gasteiger partial charge in [-0.2, -0.15) is 5.10 Å². The van der Waals surface area contributed by atoms with E-state index in [-0.39, 0.29) is 0 Å². The number of carbonyl (C=O) groups is 1. The fraction of sp³-hybridized carbons (Fsp3) is 0.500. The third kappa shape index (κ3) is 4.40. The van der Waals surface area contributed by atoms with Crippen molar-refractivity contribution in [2.45, 2.75) is 57.9 Å². The highest BCUT2D eigenvalue weighted by Crippen LogP contribution is 2.32. The second-order valence-corrected chi connectivity index (χ2v) is 9.01. The van der Waals surface area contributed by atoms with E-state index in [1.807, 2.05) is 30.0 Å². The highest BCUT2D eigenvalue weighted by molar-refractivity contribution is 5.87. The lowest BCUT2D eigenvalue weighted by Gasteiger charge is -2.18. The van der Waals surface area contributed by atoms with Crippen LogP contribution in [0, 0.1) is 12.8 Å². The summed E-state index contributed by atoms with van der Waals surface area (Å²) in [6, 6.07) is 10.2. The standard InChI is InChI=1S/C24H30N6O/c1-16-5-4-8-19(26-16)14-25-23-20-9-10-21(27-24(20)29-28-23)18-11-12-30(15-18)22(31)13-17-6-2-3-7-17/h4-5,8-10,17-18H,2-3,6-7,11-15H2,1H3,(H2,25,27,28,29)/t18-/m0/s1. The molecule has 1 amide bonds. The first-order valence-electron chi connectivity index (χ1n) is 11.4. The minimum Gasteiger partial charge on any atom is -0.362 e. The van der Waals surface area contributed by atoms with Gasteiger partial charge < -0.3 is 10.2 Å². The number of fused-ring (bicyclic) bond motifs is 1. The number of aromatic nitrogens is 4. The predicted octanol–water partition coefficient (Wildman–Crippen LogP) is 4.17. The Labute approximate surface area is 182 Å². The van der Waals surface area contributed by atoms with Crippen molar-refractivity contribution < 1.29 is 4.79 Å². The number of hydrogen-bond donors (Lipinski definition) is 2. The number of nitrogens with one attached hydrogen (secondary N) is 2. The maximum absolute atomic E-state index is 12.7. The Kier molecular flexibility index (Phi) is 5.57. The molecule has 31 heavy (non-hydrogen) atoms. The second kappa shape index (κ2) is 8.65. The lowest BCUT2D eigenvalue weighted by atomic mass is 10.0. The number of hydrogen-bond acceptors (Lipinski definition) is 5. The normalized spacial score (nSPS) is 19.4. The van der Waals surface area contributed by atoms with Crippen LogP contribution in [-0.4, -0.2) is 44.1 Å². The van der Waals surface area contributed by atoms with Crippen LogP contribution in [0.25, 0.3) is 11.0 Å². The van der Waals surface area contributed by atoms with Gasteiger partial charge in [-0.25, -0.2) is 4.98 Å². The topological polar surface area (TPSA) is 86.8 Å². The second-order valence-electron chi connectivity index (χ2n) is 9.01. The van der Waals surface area contributed by atoms with Gasteiger partial charge in [-0.3, -0.25) is 14.9 Å². The van der Waals surface area contributed by atoms with E-state index in [0.717, 1.165) is 59.9 Å². The van der Waals surface area contributed by atoms with Crippen molar-refractivity contribution in [1.29, 1.82) is 0 Å². The summed E-state index contributed by atoms with van der Waals surface area (Å²) in [5.74, 6) is 2.02. The van der Waals surface area contributed by atoms with Crippen molar-refractivity contribution in [1.82, 2.24) is 25.1 Å². The molecule has 1 saturated heterocycles. The maximum atomic E-state index is 12.7. The van der Waals surface area contributed by atoms with Crippen LogP contribution in [0.5, 0.6) is 0 Å². The minimum absolute atomic E-state index is 0.299. The molecule has 2 fully saturated rings. The van der Waals surface area contributed by atoms with E-state index in [4.69, 9.17) is 4.98 Å². The van der Waals surface area contributed by atoms with Crippen LogP contribution in [0.2, 0.25) is 0 Å². The Morgan fingerprint density at radius 1 is 1.16 bits per heavy atom. The van der Waals surface area contributed by atoms with Gasteiger partial charge in [-0.15, -0.1) is 0 Å². The first kappa shape index (κ1) is 20.0. The van der Waals surface area contributed by atoms with E-state index in [9.17, 15) is 4.79 Å². The first-order chi connectivity index (χ1) is 15.2.